The van der Waals surface area contributed by atoms with E-state index in [9.17, 15) is 17.2 Å². The number of hydrogen-bond donors (Lipinski definition) is 1. The van der Waals surface area contributed by atoms with Gasteiger partial charge in [-0.1, -0.05) is 15.9 Å². The summed E-state index contributed by atoms with van der Waals surface area (Å²) in [6.45, 7) is 4.31. The van der Waals surface area contributed by atoms with E-state index in [0.717, 1.165) is 6.07 Å². The minimum Gasteiger partial charge on any atom is -0.386 e. The van der Waals surface area contributed by atoms with Crippen molar-refractivity contribution in [2.45, 2.75) is 31.1 Å². The van der Waals surface area contributed by atoms with Gasteiger partial charge in [-0.25, -0.2) is 17.2 Å². The maximum absolute atomic E-state index is 14.1. The van der Waals surface area contributed by atoms with E-state index in [4.69, 9.17) is 5.73 Å². The molecule has 0 aliphatic carbocycles. The van der Waals surface area contributed by atoms with Gasteiger partial charge in [0, 0.05) is 10.0 Å². The van der Waals surface area contributed by atoms with Crippen molar-refractivity contribution in [1.29, 1.82) is 0 Å². The largest absolute Gasteiger partial charge is 0.386 e. The van der Waals surface area contributed by atoms with Crippen LogP contribution in [0.5, 0.6) is 0 Å². The van der Waals surface area contributed by atoms with Crippen molar-refractivity contribution in [3.8, 4) is 0 Å². The first-order valence-electron chi connectivity index (χ1n) is 6.14. The highest BCUT2D eigenvalue weighted by Gasteiger charge is 2.49. The summed E-state index contributed by atoms with van der Waals surface area (Å²) in [6, 6.07) is 2.29. The molecule has 1 atom stereocenters. The van der Waals surface area contributed by atoms with Crippen molar-refractivity contribution in [2.75, 3.05) is 5.75 Å². The van der Waals surface area contributed by atoms with Crippen molar-refractivity contribution in [3.63, 3.8) is 0 Å². The molecule has 0 aromatic heterocycles. The van der Waals surface area contributed by atoms with Crippen LogP contribution in [0.2, 0.25) is 0 Å². The number of hydrogen-bond acceptors (Lipinski definition) is 4. The highest BCUT2D eigenvalue weighted by Crippen LogP contribution is 2.39. The van der Waals surface area contributed by atoms with Crippen molar-refractivity contribution < 1.29 is 17.2 Å². The predicted octanol–water partition coefficient (Wildman–Crippen LogP) is 2.51. The molecule has 0 radical (unpaired) electrons. The predicted molar refractivity (Wildman–Crippen MR) is 80.9 cm³/mol. The summed E-state index contributed by atoms with van der Waals surface area (Å²) >= 11 is 3.07. The Morgan fingerprint density at radius 2 is 1.86 bits per heavy atom. The Kier molecular flexibility index (Phi) is 3.69. The summed E-state index contributed by atoms with van der Waals surface area (Å²) in [7, 11) is -3.67. The average molecular weight is 381 g/mol. The van der Waals surface area contributed by atoms with Crippen molar-refractivity contribution in [1.82, 2.24) is 0 Å². The van der Waals surface area contributed by atoms with E-state index in [2.05, 4.69) is 20.9 Å². The Bertz CT molecular complexity index is 747. The van der Waals surface area contributed by atoms with Crippen LogP contribution in [0.4, 0.5) is 8.78 Å². The molecule has 0 bridgehead atoms. The monoisotopic (exact) mass is 380 g/mol. The molecular weight excluding hydrogens is 366 g/mol. The number of halogens is 3. The van der Waals surface area contributed by atoms with E-state index < -0.39 is 37.5 Å². The molecule has 1 aliphatic rings. The van der Waals surface area contributed by atoms with Gasteiger partial charge in [-0.3, -0.25) is 4.99 Å². The van der Waals surface area contributed by atoms with Crippen LogP contribution in [0.3, 0.4) is 0 Å². The summed E-state index contributed by atoms with van der Waals surface area (Å²) < 4.78 is 51.4. The molecule has 4 nitrogen and oxygen atoms in total. The van der Waals surface area contributed by atoms with Crippen LogP contribution in [0.15, 0.2) is 21.6 Å². The molecule has 116 valence electrons. The normalized spacial score (nSPS) is 27.2. The lowest BCUT2D eigenvalue weighted by Gasteiger charge is -2.37. The molecule has 1 aromatic carbocycles. The van der Waals surface area contributed by atoms with Gasteiger partial charge in [0.05, 0.1) is 5.75 Å². The van der Waals surface area contributed by atoms with Gasteiger partial charge in [-0.2, -0.15) is 0 Å². The Hall–Kier alpha value is -1.02. The molecule has 8 heteroatoms. The molecule has 2 rings (SSSR count). The zero-order valence-corrected chi connectivity index (χ0v) is 14.1. The summed E-state index contributed by atoms with van der Waals surface area (Å²) in [5.41, 5.74) is 4.16. The lowest BCUT2D eigenvalue weighted by atomic mass is 9.93. The van der Waals surface area contributed by atoms with E-state index in [1.807, 2.05) is 0 Å². The van der Waals surface area contributed by atoms with Gasteiger partial charge in [-0.15, -0.1) is 0 Å². The number of nitrogens with two attached hydrogens (primary N) is 1. The zero-order chi connectivity index (χ0) is 16.2. The minimum absolute atomic E-state index is 0.115. The number of amidine groups is 1. The number of nitrogens with zero attached hydrogens (tertiary/aromatic N) is 1. The standard InChI is InChI=1S/C13H15BrF2N2O2S/c1-12(2)11(17)18-13(3,6-21(12,19)20)8-4-7(14)5-9(15)10(8)16/h4-5H,6H2,1-3H3,(H2,17,18)/t13-/m0/s1. The van der Waals surface area contributed by atoms with Gasteiger partial charge >= 0.3 is 0 Å². The fraction of sp³-hybridized carbons (Fsp3) is 0.462. The molecule has 1 aromatic rings. The van der Waals surface area contributed by atoms with E-state index in [1.54, 1.807) is 0 Å². The van der Waals surface area contributed by atoms with Crippen LogP contribution < -0.4 is 5.73 Å². The average Bonchev–Trinajstić information content (AvgIpc) is 2.30. The third-order valence-electron chi connectivity index (χ3n) is 3.81. The second-order valence-electron chi connectivity index (χ2n) is 5.79. The molecule has 0 saturated carbocycles. The molecular formula is C13H15BrF2N2O2S. The van der Waals surface area contributed by atoms with Crippen LogP contribution in [-0.4, -0.2) is 24.8 Å². The molecule has 21 heavy (non-hydrogen) atoms. The summed E-state index contributed by atoms with van der Waals surface area (Å²) in [6.07, 6.45) is 0. The fourth-order valence-electron chi connectivity index (χ4n) is 2.23. The number of aliphatic imine (C=N–C) groups is 1. The van der Waals surface area contributed by atoms with Crippen LogP contribution in [0.25, 0.3) is 0 Å². The Morgan fingerprint density at radius 1 is 1.29 bits per heavy atom. The van der Waals surface area contributed by atoms with E-state index in [0.29, 0.717) is 4.47 Å². The molecule has 1 aliphatic heterocycles. The summed E-state index contributed by atoms with van der Waals surface area (Å²) in [5.74, 6) is -2.75. The van der Waals surface area contributed by atoms with Crippen LogP contribution >= 0.6 is 15.9 Å². The van der Waals surface area contributed by atoms with Gasteiger partial charge in [0.2, 0.25) is 0 Å². The van der Waals surface area contributed by atoms with Gasteiger partial charge in [0.15, 0.2) is 21.5 Å². The van der Waals surface area contributed by atoms with Crippen LogP contribution in [0.1, 0.15) is 26.3 Å². The van der Waals surface area contributed by atoms with Crippen molar-refractivity contribution in [3.05, 3.63) is 33.8 Å². The molecule has 0 unspecified atom stereocenters. The quantitative estimate of drug-likeness (QED) is 0.760. The van der Waals surface area contributed by atoms with E-state index >= 15 is 0 Å². The topological polar surface area (TPSA) is 72.5 Å². The highest BCUT2D eigenvalue weighted by molar-refractivity contribution is 9.10. The number of rotatable bonds is 1. The molecule has 0 amide bonds. The first-order chi connectivity index (χ1) is 9.41. The van der Waals surface area contributed by atoms with Crippen molar-refractivity contribution >= 4 is 31.6 Å². The Balaban J connectivity index is 2.73. The van der Waals surface area contributed by atoms with Gasteiger partial charge in [-0.05, 0) is 32.9 Å². The van der Waals surface area contributed by atoms with Gasteiger partial charge in [0.1, 0.15) is 16.1 Å². The highest BCUT2D eigenvalue weighted by atomic mass is 79.9. The second kappa shape index (κ2) is 4.74. The lowest BCUT2D eigenvalue weighted by Crippen LogP contribution is -2.55. The maximum Gasteiger partial charge on any atom is 0.165 e. The van der Waals surface area contributed by atoms with E-state index in [1.165, 1.54) is 26.8 Å². The van der Waals surface area contributed by atoms with Gasteiger partial charge in [0.25, 0.3) is 0 Å². The number of sulfone groups is 1. The summed E-state index contributed by atoms with van der Waals surface area (Å²) in [5, 5.41) is 0. The first kappa shape index (κ1) is 16.4. The second-order valence-corrected chi connectivity index (χ2v) is 9.24. The molecule has 1 heterocycles. The number of benzene rings is 1. The summed E-state index contributed by atoms with van der Waals surface area (Å²) in [4.78, 5) is 4.16. The molecule has 2 N–H and O–H groups in total. The Labute approximate surface area is 130 Å². The third kappa shape index (κ3) is 2.48. The molecule has 0 fully saturated rings. The van der Waals surface area contributed by atoms with Gasteiger partial charge < -0.3 is 5.73 Å². The maximum atomic E-state index is 14.1. The smallest absolute Gasteiger partial charge is 0.165 e. The van der Waals surface area contributed by atoms with Crippen molar-refractivity contribution in [2.24, 2.45) is 10.7 Å². The fourth-order valence-corrected chi connectivity index (χ4v) is 4.34. The first-order valence-corrected chi connectivity index (χ1v) is 8.58. The SMILES string of the molecule is CC1(C)C(N)=N[C@](C)(c2cc(Br)cc(F)c2F)CS1(=O)=O. The third-order valence-corrected chi connectivity index (χ3v) is 6.97. The minimum atomic E-state index is -3.67. The lowest BCUT2D eigenvalue weighted by molar-refractivity contribution is 0.444. The zero-order valence-electron chi connectivity index (χ0n) is 11.7. The Morgan fingerprint density at radius 3 is 2.38 bits per heavy atom. The molecule has 0 spiro atoms. The molecule has 0 saturated heterocycles. The van der Waals surface area contributed by atoms with Crippen LogP contribution in [-0.2, 0) is 15.4 Å². The van der Waals surface area contributed by atoms with Crippen LogP contribution in [0, 0.1) is 11.6 Å². The van der Waals surface area contributed by atoms with E-state index in [-0.39, 0.29) is 11.4 Å².